The van der Waals surface area contributed by atoms with Crippen molar-refractivity contribution in [3.05, 3.63) is 26.4 Å². The molecule has 0 bridgehead atoms. The maximum Gasteiger partial charge on any atom is 0.308 e. The van der Waals surface area contributed by atoms with Crippen LogP contribution >= 0.6 is 23.2 Å². The maximum atomic E-state index is 10.4. The van der Waals surface area contributed by atoms with Crippen LogP contribution in [0.4, 0.5) is 5.69 Å². The summed E-state index contributed by atoms with van der Waals surface area (Å²) in [5.74, 6) is 0.0669. The highest BCUT2D eigenvalue weighted by molar-refractivity contribution is 6.34. The van der Waals surface area contributed by atoms with Gasteiger partial charge in [0, 0.05) is 6.07 Å². The van der Waals surface area contributed by atoms with Gasteiger partial charge in [0.1, 0.15) is 5.02 Å². The van der Waals surface area contributed by atoms with E-state index in [0.29, 0.717) is 0 Å². The Morgan fingerprint density at radius 1 is 1.62 bits per heavy atom. The van der Waals surface area contributed by atoms with E-state index in [0.717, 1.165) is 6.07 Å². The summed E-state index contributed by atoms with van der Waals surface area (Å²) in [6, 6.07) is 1.09. The first kappa shape index (κ1) is 10.0. The summed E-state index contributed by atoms with van der Waals surface area (Å²) in [5.41, 5.74) is -0.340. The Bertz CT molecular complexity index is 356. The van der Waals surface area contributed by atoms with Crippen LogP contribution in [-0.4, -0.2) is 17.0 Å². The molecule has 1 heterocycles. The second-order valence-corrected chi connectivity index (χ2v) is 2.81. The number of halogens is 2. The van der Waals surface area contributed by atoms with Crippen molar-refractivity contribution in [2.75, 3.05) is 7.11 Å². The molecule has 70 valence electrons. The monoisotopic (exact) mass is 222 g/mol. The molecule has 0 aliphatic heterocycles. The molecule has 7 heteroatoms. The maximum absolute atomic E-state index is 10.4. The molecule has 0 atom stereocenters. The summed E-state index contributed by atoms with van der Waals surface area (Å²) in [6.45, 7) is 0. The minimum atomic E-state index is -0.666. The first-order valence-electron chi connectivity index (χ1n) is 3.10. The van der Waals surface area contributed by atoms with E-state index in [4.69, 9.17) is 27.9 Å². The van der Waals surface area contributed by atoms with Crippen molar-refractivity contribution in [3.63, 3.8) is 0 Å². The minimum Gasteiger partial charge on any atom is -0.480 e. The number of pyridine rings is 1. The van der Waals surface area contributed by atoms with Gasteiger partial charge in [-0.3, -0.25) is 10.1 Å². The zero-order valence-electron chi connectivity index (χ0n) is 6.45. The molecule has 1 aromatic heterocycles. The van der Waals surface area contributed by atoms with E-state index in [-0.39, 0.29) is 21.7 Å². The Balaban J connectivity index is 3.28. The molecule has 0 aliphatic carbocycles. The van der Waals surface area contributed by atoms with Crippen LogP contribution in [0.25, 0.3) is 0 Å². The van der Waals surface area contributed by atoms with E-state index in [2.05, 4.69) is 4.98 Å². The van der Waals surface area contributed by atoms with Crippen LogP contribution in [0.2, 0.25) is 10.2 Å². The molecular formula is C6H4Cl2N2O3. The molecule has 5 nitrogen and oxygen atoms in total. The second kappa shape index (κ2) is 3.76. The predicted octanol–water partition coefficient (Wildman–Crippen LogP) is 2.31. The fourth-order valence-corrected chi connectivity index (χ4v) is 1.14. The average Bonchev–Trinajstić information content (AvgIpc) is 2.07. The Morgan fingerprint density at radius 2 is 2.23 bits per heavy atom. The van der Waals surface area contributed by atoms with E-state index in [9.17, 15) is 10.1 Å². The van der Waals surface area contributed by atoms with Crippen LogP contribution in [0.1, 0.15) is 0 Å². The number of rotatable bonds is 2. The van der Waals surface area contributed by atoms with Gasteiger partial charge in [0.25, 0.3) is 0 Å². The summed E-state index contributed by atoms with van der Waals surface area (Å²) in [7, 11) is 1.34. The van der Waals surface area contributed by atoms with Gasteiger partial charge in [0.05, 0.1) is 12.0 Å². The Labute approximate surface area is 83.4 Å². The molecule has 0 spiro atoms. The minimum absolute atomic E-state index is 0.0543. The summed E-state index contributed by atoms with van der Waals surface area (Å²) >= 11 is 11.1. The van der Waals surface area contributed by atoms with Gasteiger partial charge in [-0.15, -0.1) is 0 Å². The number of hydrogen-bond acceptors (Lipinski definition) is 4. The SMILES string of the molecule is COc1nc(Cl)c([N+](=O)[O-])cc1Cl. The van der Waals surface area contributed by atoms with Crippen molar-refractivity contribution in [1.29, 1.82) is 0 Å². The molecule has 0 aliphatic rings. The predicted molar refractivity (Wildman–Crippen MR) is 47.5 cm³/mol. The van der Waals surface area contributed by atoms with Crippen LogP contribution in [0, 0.1) is 10.1 Å². The van der Waals surface area contributed by atoms with Gasteiger partial charge in [0.15, 0.2) is 0 Å². The standard InChI is InChI=1S/C6H4Cl2N2O3/c1-13-6-3(7)2-4(10(11)12)5(8)9-6/h2H,1H3. The molecule has 0 N–H and O–H groups in total. The molecule has 0 aromatic carbocycles. The zero-order valence-corrected chi connectivity index (χ0v) is 7.96. The number of nitrogens with zero attached hydrogens (tertiary/aromatic N) is 2. The largest absolute Gasteiger partial charge is 0.480 e. The number of ether oxygens (including phenoxy) is 1. The van der Waals surface area contributed by atoms with Crippen LogP contribution < -0.4 is 4.74 Å². The summed E-state index contributed by atoms with van der Waals surface area (Å²) < 4.78 is 4.71. The van der Waals surface area contributed by atoms with Crippen molar-refractivity contribution < 1.29 is 9.66 Å². The van der Waals surface area contributed by atoms with Gasteiger partial charge < -0.3 is 4.74 Å². The molecule has 0 saturated carbocycles. The number of aromatic nitrogens is 1. The lowest BCUT2D eigenvalue weighted by Gasteiger charge is -2.01. The Kier molecular flexibility index (Phi) is 2.90. The average molecular weight is 223 g/mol. The number of methoxy groups -OCH3 is 1. The van der Waals surface area contributed by atoms with Gasteiger partial charge >= 0.3 is 5.69 Å². The van der Waals surface area contributed by atoms with E-state index < -0.39 is 4.92 Å². The topological polar surface area (TPSA) is 65.3 Å². The fourth-order valence-electron chi connectivity index (χ4n) is 0.712. The summed E-state index contributed by atoms with van der Waals surface area (Å²) in [4.78, 5) is 13.3. The van der Waals surface area contributed by atoms with Gasteiger partial charge in [0.2, 0.25) is 11.0 Å². The molecule has 13 heavy (non-hydrogen) atoms. The van der Waals surface area contributed by atoms with Crippen LogP contribution in [0.5, 0.6) is 5.88 Å². The second-order valence-electron chi connectivity index (χ2n) is 2.05. The third-order valence-corrected chi connectivity index (χ3v) is 1.82. The van der Waals surface area contributed by atoms with Crippen LogP contribution in [-0.2, 0) is 0 Å². The number of nitro groups is 1. The molecule has 1 rings (SSSR count). The normalized spacial score (nSPS) is 9.77. The first-order valence-corrected chi connectivity index (χ1v) is 3.86. The van der Waals surface area contributed by atoms with Crippen LogP contribution in [0.15, 0.2) is 6.07 Å². The molecule has 1 aromatic rings. The molecule has 0 amide bonds. The van der Waals surface area contributed by atoms with Crippen LogP contribution in [0.3, 0.4) is 0 Å². The van der Waals surface area contributed by atoms with Gasteiger partial charge in [-0.2, -0.15) is 4.98 Å². The van der Waals surface area contributed by atoms with Gasteiger partial charge in [-0.1, -0.05) is 23.2 Å². The van der Waals surface area contributed by atoms with Crippen molar-refractivity contribution in [2.45, 2.75) is 0 Å². The number of hydrogen-bond donors (Lipinski definition) is 0. The van der Waals surface area contributed by atoms with Crippen molar-refractivity contribution in [2.24, 2.45) is 0 Å². The van der Waals surface area contributed by atoms with E-state index in [1.54, 1.807) is 0 Å². The van der Waals surface area contributed by atoms with Gasteiger partial charge in [-0.05, 0) is 0 Å². The third kappa shape index (κ3) is 1.99. The Morgan fingerprint density at radius 3 is 2.69 bits per heavy atom. The molecule has 0 radical (unpaired) electrons. The smallest absolute Gasteiger partial charge is 0.308 e. The molecular weight excluding hydrogens is 219 g/mol. The zero-order chi connectivity index (χ0) is 10.0. The summed E-state index contributed by atoms with van der Waals surface area (Å²) in [6.07, 6.45) is 0. The Hall–Kier alpha value is -1.07. The highest BCUT2D eigenvalue weighted by atomic mass is 35.5. The lowest BCUT2D eigenvalue weighted by Crippen LogP contribution is -1.94. The molecule has 0 fully saturated rings. The lowest BCUT2D eigenvalue weighted by atomic mass is 10.4. The molecule has 0 saturated heterocycles. The fraction of sp³-hybridized carbons (Fsp3) is 0.167. The van der Waals surface area contributed by atoms with Gasteiger partial charge in [-0.25, -0.2) is 0 Å². The van der Waals surface area contributed by atoms with Crippen molar-refractivity contribution in [3.8, 4) is 5.88 Å². The summed E-state index contributed by atoms with van der Waals surface area (Å²) in [5, 5.41) is 10.2. The quantitative estimate of drug-likeness (QED) is 0.438. The van der Waals surface area contributed by atoms with Crippen molar-refractivity contribution in [1.82, 2.24) is 4.98 Å². The molecule has 0 unspecified atom stereocenters. The lowest BCUT2D eigenvalue weighted by molar-refractivity contribution is -0.385. The van der Waals surface area contributed by atoms with E-state index >= 15 is 0 Å². The third-order valence-electron chi connectivity index (χ3n) is 1.27. The van der Waals surface area contributed by atoms with Crippen molar-refractivity contribution >= 4 is 28.9 Å². The van der Waals surface area contributed by atoms with E-state index in [1.165, 1.54) is 7.11 Å². The highest BCUT2D eigenvalue weighted by Crippen LogP contribution is 2.31. The highest BCUT2D eigenvalue weighted by Gasteiger charge is 2.17. The van der Waals surface area contributed by atoms with E-state index in [1.807, 2.05) is 0 Å². The first-order chi connectivity index (χ1) is 6.06.